The lowest BCUT2D eigenvalue weighted by atomic mass is 9.99. The molecule has 0 aliphatic rings. The number of carbonyl (C=O) groups is 1. The minimum Gasteiger partial charge on any atom is -0.396 e. The third-order valence-corrected chi connectivity index (χ3v) is 5.77. The van der Waals surface area contributed by atoms with Crippen molar-refractivity contribution >= 4 is 22.5 Å². The van der Waals surface area contributed by atoms with Crippen LogP contribution in [-0.2, 0) is 19.6 Å². The van der Waals surface area contributed by atoms with E-state index < -0.39 is 17.6 Å². The lowest BCUT2D eigenvalue weighted by molar-refractivity contribution is -0.137. The van der Waals surface area contributed by atoms with Crippen molar-refractivity contribution in [1.82, 2.24) is 9.55 Å². The number of benzene rings is 2. The molecule has 6 nitrogen and oxygen atoms in total. The smallest absolute Gasteiger partial charge is 0.396 e. The first-order valence-corrected chi connectivity index (χ1v) is 10.8. The van der Waals surface area contributed by atoms with Gasteiger partial charge in [0.15, 0.2) is 0 Å². The zero-order valence-corrected chi connectivity index (χ0v) is 19.0. The summed E-state index contributed by atoms with van der Waals surface area (Å²) in [7, 11) is 1.64. The van der Waals surface area contributed by atoms with Crippen molar-refractivity contribution in [2.75, 3.05) is 11.9 Å². The molecule has 0 saturated carbocycles. The summed E-state index contributed by atoms with van der Waals surface area (Å²) in [5.74, 6) is -0.696. The maximum atomic E-state index is 13.2. The van der Waals surface area contributed by atoms with Crippen molar-refractivity contribution in [3.63, 3.8) is 0 Å². The predicted octanol–water partition coefficient (Wildman–Crippen LogP) is 4.71. The number of nitrogens with one attached hydrogen (secondary N) is 1. The highest BCUT2D eigenvalue weighted by Crippen LogP contribution is 2.30. The van der Waals surface area contributed by atoms with Crippen LogP contribution in [0.25, 0.3) is 22.0 Å². The highest BCUT2D eigenvalue weighted by atomic mass is 19.4. The molecule has 9 heteroatoms. The summed E-state index contributed by atoms with van der Waals surface area (Å²) in [4.78, 5) is 30.2. The van der Waals surface area contributed by atoms with Crippen molar-refractivity contribution in [3.8, 4) is 11.1 Å². The number of halogens is 3. The maximum absolute atomic E-state index is 13.2. The van der Waals surface area contributed by atoms with Crippen LogP contribution in [0, 0.1) is 6.92 Å². The molecule has 2 heterocycles. The molecule has 0 saturated heterocycles. The molecule has 4 aromatic rings. The molecular weight excluding hydrogens is 459 g/mol. The van der Waals surface area contributed by atoms with E-state index in [9.17, 15) is 22.8 Å². The van der Waals surface area contributed by atoms with Gasteiger partial charge >= 0.3 is 6.18 Å². The number of pyridine rings is 2. The van der Waals surface area contributed by atoms with Gasteiger partial charge in [0.25, 0.3) is 11.5 Å². The summed E-state index contributed by atoms with van der Waals surface area (Å²) in [6.45, 7) is 1.77. The zero-order valence-electron chi connectivity index (χ0n) is 19.0. The van der Waals surface area contributed by atoms with E-state index >= 15 is 0 Å². The number of aryl methyl sites for hydroxylation is 2. The molecule has 35 heavy (non-hydrogen) atoms. The van der Waals surface area contributed by atoms with Gasteiger partial charge in [0, 0.05) is 54.2 Å². The molecule has 180 valence electrons. The Morgan fingerprint density at radius 1 is 1.09 bits per heavy atom. The normalized spacial score (nSPS) is 11.6. The number of amides is 1. The number of hydrogen-bond donors (Lipinski definition) is 2. The zero-order chi connectivity index (χ0) is 25.3. The van der Waals surface area contributed by atoms with E-state index in [4.69, 9.17) is 5.11 Å². The van der Waals surface area contributed by atoms with Crippen molar-refractivity contribution in [3.05, 3.63) is 93.5 Å². The summed E-state index contributed by atoms with van der Waals surface area (Å²) >= 11 is 0. The first-order valence-electron chi connectivity index (χ1n) is 10.8. The molecule has 0 unspecified atom stereocenters. The van der Waals surface area contributed by atoms with Crippen LogP contribution in [0.3, 0.4) is 0 Å². The minimum atomic E-state index is -4.56. The van der Waals surface area contributed by atoms with Gasteiger partial charge in [-0.2, -0.15) is 13.2 Å². The second-order valence-corrected chi connectivity index (χ2v) is 8.19. The Morgan fingerprint density at radius 2 is 1.86 bits per heavy atom. The van der Waals surface area contributed by atoms with Crippen molar-refractivity contribution in [1.29, 1.82) is 0 Å². The lowest BCUT2D eigenvalue weighted by Crippen LogP contribution is -2.20. The van der Waals surface area contributed by atoms with Gasteiger partial charge < -0.3 is 15.0 Å². The van der Waals surface area contributed by atoms with E-state index in [-0.39, 0.29) is 17.7 Å². The molecule has 0 atom stereocenters. The van der Waals surface area contributed by atoms with Crippen molar-refractivity contribution < 1.29 is 23.1 Å². The van der Waals surface area contributed by atoms with E-state index in [0.717, 1.165) is 23.1 Å². The number of hydrogen-bond acceptors (Lipinski definition) is 4. The van der Waals surface area contributed by atoms with Gasteiger partial charge in [-0.25, -0.2) is 0 Å². The number of rotatable bonds is 5. The largest absolute Gasteiger partial charge is 0.416 e. The van der Waals surface area contributed by atoms with E-state index in [0.29, 0.717) is 34.4 Å². The van der Waals surface area contributed by atoms with Crippen LogP contribution in [-0.4, -0.2) is 27.2 Å². The highest BCUT2D eigenvalue weighted by molar-refractivity contribution is 6.04. The van der Waals surface area contributed by atoms with Crippen molar-refractivity contribution in [2.45, 2.75) is 19.5 Å². The van der Waals surface area contributed by atoms with Crippen LogP contribution < -0.4 is 10.9 Å². The first-order chi connectivity index (χ1) is 16.6. The Balaban J connectivity index is 1.71. The average molecular weight is 481 g/mol. The Morgan fingerprint density at radius 3 is 2.57 bits per heavy atom. The molecule has 0 spiro atoms. The van der Waals surface area contributed by atoms with Gasteiger partial charge in [0.1, 0.15) is 0 Å². The quantitative estimate of drug-likeness (QED) is 0.432. The summed E-state index contributed by atoms with van der Waals surface area (Å²) in [5, 5.41) is 12.5. The summed E-state index contributed by atoms with van der Waals surface area (Å²) in [6, 6.07) is 12.6. The second-order valence-electron chi connectivity index (χ2n) is 8.19. The molecule has 0 aliphatic carbocycles. The van der Waals surface area contributed by atoms with Gasteiger partial charge in [-0.15, -0.1) is 0 Å². The third-order valence-electron chi connectivity index (χ3n) is 5.77. The minimum absolute atomic E-state index is 0.0528. The molecule has 0 fully saturated rings. The Kier molecular flexibility index (Phi) is 6.45. The van der Waals surface area contributed by atoms with Gasteiger partial charge in [-0.1, -0.05) is 12.1 Å². The molecule has 0 bridgehead atoms. The van der Waals surface area contributed by atoms with E-state index in [1.54, 1.807) is 43.6 Å². The summed E-state index contributed by atoms with van der Waals surface area (Å²) in [6.07, 6.45) is -2.55. The van der Waals surface area contributed by atoms with E-state index in [1.165, 1.54) is 16.7 Å². The Hall–Kier alpha value is -3.98. The fourth-order valence-corrected chi connectivity index (χ4v) is 3.88. The van der Waals surface area contributed by atoms with Crippen LogP contribution in [0.4, 0.5) is 18.9 Å². The fourth-order valence-electron chi connectivity index (χ4n) is 3.88. The number of aliphatic hydroxyl groups is 1. The SMILES string of the molecule is Cc1ccc(NC(=O)c2cccc(C(F)(F)F)c2)cc1-c1cc2cnc(CCO)cc2n(C)c1=O. The number of alkyl halides is 3. The fraction of sp³-hybridized carbons (Fsp3) is 0.192. The molecular formula is C26H22F3N3O3. The van der Waals surface area contributed by atoms with E-state index in [2.05, 4.69) is 10.3 Å². The van der Waals surface area contributed by atoms with Gasteiger partial charge in [-0.05, 0) is 60.5 Å². The molecule has 2 N–H and O–H groups in total. The van der Waals surface area contributed by atoms with Crippen LogP contribution >= 0.6 is 0 Å². The standard InChI is InChI=1S/C26H22F3N3O3/c1-15-6-7-20(31-24(34)16-4-3-5-18(10-16)26(27,28)29)12-21(15)22-11-17-14-30-19(8-9-33)13-23(17)32(2)25(22)35/h3-7,10-14,33H,8-9H2,1-2H3,(H,31,34). The Bertz CT molecular complexity index is 1490. The number of anilines is 1. The molecule has 2 aromatic heterocycles. The second kappa shape index (κ2) is 9.34. The molecule has 0 radical (unpaired) electrons. The molecule has 4 rings (SSSR count). The predicted molar refractivity (Wildman–Crippen MR) is 127 cm³/mol. The van der Waals surface area contributed by atoms with Crippen LogP contribution in [0.5, 0.6) is 0 Å². The summed E-state index contributed by atoms with van der Waals surface area (Å²) in [5.41, 5.74) is 2.12. The van der Waals surface area contributed by atoms with E-state index in [1.807, 2.05) is 6.92 Å². The highest BCUT2D eigenvalue weighted by Gasteiger charge is 2.30. The molecule has 2 aromatic carbocycles. The topological polar surface area (TPSA) is 84.2 Å². The first kappa shape index (κ1) is 24.2. The van der Waals surface area contributed by atoms with Gasteiger partial charge in [-0.3, -0.25) is 14.6 Å². The van der Waals surface area contributed by atoms with Crippen LogP contribution in [0.2, 0.25) is 0 Å². The molecule has 0 aliphatic heterocycles. The molecule has 1 amide bonds. The van der Waals surface area contributed by atoms with Crippen LogP contribution in [0.15, 0.2) is 65.6 Å². The van der Waals surface area contributed by atoms with Gasteiger partial charge in [0.2, 0.25) is 0 Å². The number of aliphatic hydroxyl groups excluding tert-OH is 1. The number of aromatic nitrogens is 2. The van der Waals surface area contributed by atoms with Crippen LogP contribution in [0.1, 0.15) is 27.2 Å². The van der Waals surface area contributed by atoms with Crippen molar-refractivity contribution in [2.24, 2.45) is 7.05 Å². The lowest BCUT2D eigenvalue weighted by Gasteiger charge is -2.14. The average Bonchev–Trinajstić information content (AvgIpc) is 2.83. The third kappa shape index (κ3) is 4.95. The maximum Gasteiger partial charge on any atom is 0.416 e. The summed E-state index contributed by atoms with van der Waals surface area (Å²) < 4.78 is 40.5. The number of nitrogens with zero attached hydrogens (tertiary/aromatic N) is 2. The Labute approximate surface area is 198 Å². The number of carbonyl (C=O) groups excluding carboxylic acids is 1. The number of fused-ring (bicyclic) bond motifs is 1. The van der Waals surface area contributed by atoms with Gasteiger partial charge in [0.05, 0.1) is 11.1 Å². The monoisotopic (exact) mass is 481 g/mol.